The zero-order chi connectivity index (χ0) is 21.4. The fourth-order valence-electron chi connectivity index (χ4n) is 3.88. The Morgan fingerprint density at radius 2 is 1.87 bits per heavy atom. The second-order valence-electron chi connectivity index (χ2n) is 7.49. The molecule has 0 bridgehead atoms. The summed E-state index contributed by atoms with van der Waals surface area (Å²) in [6.45, 7) is 1.68. The Labute approximate surface area is 184 Å². The van der Waals surface area contributed by atoms with Crippen LogP contribution < -0.4 is 15.1 Å². The Kier molecular flexibility index (Phi) is 5.14. The zero-order valence-electron chi connectivity index (χ0n) is 16.9. The lowest BCUT2D eigenvalue weighted by atomic mass is 10.0. The first-order valence-electron chi connectivity index (χ1n) is 9.95. The monoisotopic (exact) mass is 433 g/mol. The van der Waals surface area contributed by atoms with E-state index < -0.39 is 0 Å². The normalized spacial score (nSPS) is 13.6. The van der Waals surface area contributed by atoms with Crippen LogP contribution in [0.25, 0.3) is 22.1 Å². The first-order chi connectivity index (χ1) is 15.1. The van der Waals surface area contributed by atoms with Crippen LogP contribution in [0.1, 0.15) is 11.1 Å². The number of fused-ring (bicyclic) bond motifs is 3. The largest absolute Gasteiger partial charge is 0.497 e. The van der Waals surface area contributed by atoms with E-state index >= 15 is 0 Å². The molecule has 6 heteroatoms. The van der Waals surface area contributed by atoms with Gasteiger partial charge in [-0.05, 0) is 47.5 Å². The molecule has 5 nitrogen and oxygen atoms in total. The molecule has 0 spiro atoms. The summed E-state index contributed by atoms with van der Waals surface area (Å²) in [5, 5.41) is 1.58. The van der Waals surface area contributed by atoms with Crippen molar-refractivity contribution in [2.75, 3.05) is 13.8 Å². The smallest absolute Gasteiger partial charge is 0.344 e. The van der Waals surface area contributed by atoms with Gasteiger partial charge in [0.1, 0.15) is 23.8 Å². The van der Waals surface area contributed by atoms with E-state index in [1.165, 1.54) is 0 Å². The lowest BCUT2D eigenvalue weighted by Gasteiger charge is -2.29. The number of nitrogens with zero attached hydrogens (tertiary/aromatic N) is 1. The summed E-state index contributed by atoms with van der Waals surface area (Å²) >= 11 is 6.32. The molecule has 0 radical (unpaired) electrons. The number of hydrogen-bond acceptors (Lipinski definition) is 5. The predicted molar refractivity (Wildman–Crippen MR) is 121 cm³/mol. The van der Waals surface area contributed by atoms with Crippen LogP contribution in [-0.2, 0) is 13.1 Å². The van der Waals surface area contributed by atoms with Gasteiger partial charge in [-0.1, -0.05) is 41.9 Å². The molecule has 0 atom stereocenters. The predicted octanol–water partition coefficient (Wildman–Crippen LogP) is 5.47. The maximum absolute atomic E-state index is 12.8. The van der Waals surface area contributed by atoms with Gasteiger partial charge in [-0.2, -0.15) is 0 Å². The minimum atomic E-state index is -0.380. The average molecular weight is 434 g/mol. The molecular formula is C25H20ClNO4. The Bertz CT molecular complexity index is 1310. The van der Waals surface area contributed by atoms with E-state index in [4.69, 9.17) is 25.5 Å². The third-order valence-corrected chi connectivity index (χ3v) is 5.87. The van der Waals surface area contributed by atoms with Crippen LogP contribution in [0.3, 0.4) is 0 Å². The van der Waals surface area contributed by atoms with Crippen LogP contribution >= 0.6 is 11.6 Å². The number of benzene rings is 3. The Balaban J connectivity index is 1.51. The van der Waals surface area contributed by atoms with Crippen LogP contribution in [0.5, 0.6) is 11.5 Å². The van der Waals surface area contributed by atoms with Crippen LogP contribution in [0.15, 0.2) is 75.9 Å². The van der Waals surface area contributed by atoms with E-state index in [9.17, 15) is 4.79 Å². The fraction of sp³-hybridized carbons (Fsp3) is 0.160. The van der Waals surface area contributed by atoms with Crippen molar-refractivity contribution in [1.82, 2.24) is 4.90 Å². The van der Waals surface area contributed by atoms with Crippen molar-refractivity contribution in [3.63, 3.8) is 0 Å². The van der Waals surface area contributed by atoms with Gasteiger partial charge in [0.05, 0.1) is 18.2 Å². The molecule has 0 amide bonds. The van der Waals surface area contributed by atoms with Crippen molar-refractivity contribution in [3.05, 3.63) is 93.3 Å². The van der Waals surface area contributed by atoms with Gasteiger partial charge in [0.15, 0.2) is 0 Å². The maximum Gasteiger partial charge on any atom is 0.344 e. The van der Waals surface area contributed by atoms with Gasteiger partial charge in [-0.15, -0.1) is 0 Å². The summed E-state index contributed by atoms with van der Waals surface area (Å²) in [5.41, 5.74) is 3.37. The number of rotatable bonds is 4. The molecule has 5 rings (SSSR count). The van der Waals surface area contributed by atoms with Gasteiger partial charge < -0.3 is 13.9 Å². The molecule has 0 saturated carbocycles. The van der Waals surface area contributed by atoms with Gasteiger partial charge in [0.2, 0.25) is 0 Å². The molecule has 1 aliphatic heterocycles. The SMILES string of the molecule is COc1ccc(-c2cc3ccc4c(c3oc2=O)CN(Cc2ccccc2Cl)CO4)cc1. The summed E-state index contributed by atoms with van der Waals surface area (Å²) in [6, 6.07) is 20.8. The number of ether oxygens (including phenoxy) is 2. The number of methoxy groups -OCH3 is 1. The van der Waals surface area contributed by atoms with Gasteiger partial charge in [-0.3, -0.25) is 4.90 Å². The van der Waals surface area contributed by atoms with Crippen molar-refractivity contribution in [2.24, 2.45) is 0 Å². The van der Waals surface area contributed by atoms with Gasteiger partial charge >= 0.3 is 5.63 Å². The van der Waals surface area contributed by atoms with E-state index in [1.54, 1.807) is 7.11 Å². The molecule has 0 aliphatic carbocycles. The highest BCUT2D eigenvalue weighted by Gasteiger charge is 2.22. The molecule has 0 fully saturated rings. The quantitative estimate of drug-likeness (QED) is 0.399. The fourth-order valence-corrected chi connectivity index (χ4v) is 4.08. The van der Waals surface area contributed by atoms with Gasteiger partial charge in [-0.25, -0.2) is 4.79 Å². The van der Waals surface area contributed by atoms with Crippen molar-refractivity contribution >= 4 is 22.6 Å². The molecule has 3 aromatic carbocycles. The summed E-state index contributed by atoms with van der Waals surface area (Å²) in [5.74, 6) is 1.47. The van der Waals surface area contributed by atoms with E-state index in [2.05, 4.69) is 4.90 Å². The Hall–Kier alpha value is -3.28. The van der Waals surface area contributed by atoms with Crippen molar-refractivity contribution in [2.45, 2.75) is 13.1 Å². The lowest BCUT2D eigenvalue weighted by molar-refractivity contribution is 0.0890. The highest BCUT2D eigenvalue weighted by atomic mass is 35.5. The molecule has 1 aromatic heterocycles. The standard InChI is InChI=1S/C25H20ClNO4/c1-29-19-9-6-16(7-10-19)20-12-17-8-11-23-21(24(17)31-25(20)28)14-27(15-30-23)13-18-4-2-3-5-22(18)26/h2-12H,13-15H2,1H3. The Morgan fingerprint density at radius 1 is 1.06 bits per heavy atom. The first-order valence-corrected chi connectivity index (χ1v) is 10.3. The molecule has 0 unspecified atom stereocenters. The van der Waals surface area contributed by atoms with E-state index in [-0.39, 0.29) is 5.63 Å². The number of hydrogen-bond donors (Lipinski definition) is 0. The third-order valence-electron chi connectivity index (χ3n) is 5.50. The molecule has 1 aliphatic rings. The van der Waals surface area contributed by atoms with Gasteiger partial charge in [0, 0.05) is 23.5 Å². The van der Waals surface area contributed by atoms with Gasteiger partial charge in [0.25, 0.3) is 0 Å². The molecular weight excluding hydrogens is 414 g/mol. The maximum atomic E-state index is 12.8. The second-order valence-corrected chi connectivity index (χ2v) is 7.90. The van der Waals surface area contributed by atoms with E-state index in [0.717, 1.165) is 38.6 Å². The van der Waals surface area contributed by atoms with Crippen LogP contribution in [0, 0.1) is 0 Å². The minimum Gasteiger partial charge on any atom is -0.497 e. The third kappa shape index (κ3) is 3.78. The van der Waals surface area contributed by atoms with E-state index in [1.807, 2.05) is 66.7 Å². The van der Waals surface area contributed by atoms with Crippen molar-refractivity contribution in [1.29, 1.82) is 0 Å². The van der Waals surface area contributed by atoms with Crippen LogP contribution in [-0.4, -0.2) is 18.7 Å². The average Bonchev–Trinajstić information content (AvgIpc) is 2.80. The molecule has 0 N–H and O–H groups in total. The summed E-state index contributed by atoms with van der Waals surface area (Å²) in [6.07, 6.45) is 0. The highest BCUT2D eigenvalue weighted by molar-refractivity contribution is 6.31. The van der Waals surface area contributed by atoms with E-state index in [0.29, 0.717) is 31.0 Å². The highest BCUT2D eigenvalue weighted by Crippen LogP contribution is 2.34. The molecule has 2 heterocycles. The van der Waals surface area contributed by atoms with Crippen LogP contribution in [0.4, 0.5) is 0 Å². The van der Waals surface area contributed by atoms with Crippen molar-refractivity contribution in [3.8, 4) is 22.6 Å². The van der Waals surface area contributed by atoms with Crippen molar-refractivity contribution < 1.29 is 13.9 Å². The molecule has 156 valence electrons. The summed E-state index contributed by atoms with van der Waals surface area (Å²) in [4.78, 5) is 14.9. The van der Waals surface area contributed by atoms with Crippen LogP contribution in [0.2, 0.25) is 5.02 Å². The first kappa shape index (κ1) is 19.7. The Morgan fingerprint density at radius 3 is 2.65 bits per heavy atom. The number of halogens is 1. The second kappa shape index (κ2) is 8.10. The molecule has 0 saturated heterocycles. The molecule has 4 aromatic rings. The summed E-state index contributed by atoms with van der Waals surface area (Å²) < 4.78 is 16.9. The zero-order valence-corrected chi connectivity index (χ0v) is 17.7. The molecule has 31 heavy (non-hydrogen) atoms. The summed E-state index contributed by atoms with van der Waals surface area (Å²) in [7, 11) is 1.61. The lowest BCUT2D eigenvalue weighted by Crippen LogP contribution is -2.31. The minimum absolute atomic E-state index is 0.380. The topological polar surface area (TPSA) is 51.9 Å².